The Balaban J connectivity index is 1.62. The molecule has 7 nitrogen and oxygen atoms in total. The van der Waals surface area contributed by atoms with Crippen molar-refractivity contribution in [2.75, 3.05) is 11.1 Å². The lowest BCUT2D eigenvalue weighted by Gasteiger charge is -2.14. The quantitative estimate of drug-likeness (QED) is 0.287. The van der Waals surface area contributed by atoms with Crippen molar-refractivity contribution in [3.8, 4) is 17.5 Å². The van der Waals surface area contributed by atoms with E-state index in [2.05, 4.69) is 33.8 Å². The zero-order valence-corrected chi connectivity index (χ0v) is 19.6. The summed E-state index contributed by atoms with van der Waals surface area (Å²) >= 11 is 0. The molecule has 4 aromatic rings. The van der Waals surface area contributed by atoms with Gasteiger partial charge in [-0.1, -0.05) is 30.6 Å². The summed E-state index contributed by atoms with van der Waals surface area (Å²) in [7, 11) is 0. The number of alkyl halides is 3. The number of anilines is 2. The van der Waals surface area contributed by atoms with Gasteiger partial charge in [0.15, 0.2) is 0 Å². The standard InChI is InChI=1S/C27H21F3N6O/c1-3-4-10-36-25(31)21(16-33-36)8-7-19-12-20(6-5-18(19)2)26(37)34-23-13-22(27(28,29)30)14-24(15-23)35-11-9-32-17-35/h3-6,9-17H,1,31H2,2H3,(H,34,37)/b10-4-. The Kier molecular flexibility index (Phi) is 6.97. The van der Waals surface area contributed by atoms with Crippen molar-refractivity contribution in [3.05, 3.63) is 108 Å². The molecule has 0 fully saturated rings. The second kappa shape index (κ2) is 10.3. The minimum atomic E-state index is -4.60. The molecule has 1 amide bonds. The van der Waals surface area contributed by atoms with Crippen LogP contribution in [0.1, 0.15) is 32.6 Å². The van der Waals surface area contributed by atoms with E-state index >= 15 is 0 Å². The monoisotopic (exact) mass is 502 g/mol. The second-order valence-electron chi connectivity index (χ2n) is 7.94. The molecule has 0 saturated heterocycles. The average molecular weight is 503 g/mol. The van der Waals surface area contributed by atoms with Gasteiger partial charge in [-0.05, 0) is 48.9 Å². The van der Waals surface area contributed by atoms with Crippen molar-refractivity contribution in [3.63, 3.8) is 0 Å². The van der Waals surface area contributed by atoms with Gasteiger partial charge in [-0.25, -0.2) is 9.67 Å². The maximum atomic E-state index is 13.5. The first-order chi connectivity index (χ1) is 17.7. The highest BCUT2D eigenvalue weighted by molar-refractivity contribution is 6.04. The Labute approximate surface area is 210 Å². The Morgan fingerprint density at radius 1 is 1.16 bits per heavy atom. The van der Waals surface area contributed by atoms with Crippen molar-refractivity contribution in [1.82, 2.24) is 19.3 Å². The number of carbonyl (C=O) groups excluding carboxylic acids is 1. The van der Waals surface area contributed by atoms with Gasteiger partial charge >= 0.3 is 6.18 Å². The molecule has 0 aliphatic heterocycles. The van der Waals surface area contributed by atoms with Gasteiger partial charge in [-0.3, -0.25) is 4.79 Å². The number of halogens is 3. The minimum absolute atomic E-state index is 0.00972. The van der Waals surface area contributed by atoms with Crippen LogP contribution in [0.15, 0.2) is 80.0 Å². The van der Waals surface area contributed by atoms with E-state index in [-0.39, 0.29) is 16.9 Å². The molecule has 4 rings (SSSR count). The molecule has 0 spiro atoms. The number of nitrogens with two attached hydrogens (primary N) is 1. The average Bonchev–Trinajstić information content (AvgIpc) is 3.52. The van der Waals surface area contributed by atoms with Crippen LogP contribution >= 0.6 is 0 Å². The summed E-state index contributed by atoms with van der Waals surface area (Å²) in [5.74, 6) is 5.70. The zero-order valence-electron chi connectivity index (χ0n) is 19.6. The van der Waals surface area contributed by atoms with Crippen molar-refractivity contribution < 1.29 is 18.0 Å². The summed E-state index contributed by atoms with van der Waals surface area (Å²) in [6.45, 7) is 5.42. The van der Waals surface area contributed by atoms with Gasteiger partial charge in [0, 0.05) is 41.1 Å². The van der Waals surface area contributed by atoms with Gasteiger partial charge in [0.1, 0.15) is 5.82 Å². The number of imidazole rings is 1. The Bertz CT molecular complexity index is 1550. The van der Waals surface area contributed by atoms with Crippen LogP contribution in [0.5, 0.6) is 0 Å². The van der Waals surface area contributed by atoms with E-state index in [1.165, 1.54) is 40.2 Å². The van der Waals surface area contributed by atoms with Gasteiger partial charge in [0.25, 0.3) is 5.91 Å². The molecule has 37 heavy (non-hydrogen) atoms. The third kappa shape index (κ3) is 5.79. The molecule has 0 aliphatic carbocycles. The predicted molar refractivity (Wildman–Crippen MR) is 136 cm³/mol. The van der Waals surface area contributed by atoms with Crippen LogP contribution in [0.3, 0.4) is 0 Å². The molecular formula is C27H21F3N6O. The number of carbonyl (C=O) groups is 1. The number of aryl methyl sites for hydroxylation is 1. The highest BCUT2D eigenvalue weighted by Gasteiger charge is 2.31. The highest BCUT2D eigenvalue weighted by Crippen LogP contribution is 2.33. The number of rotatable bonds is 5. The third-order valence-corrected chi connectivity index (χ3v) is 5.33. The van der Waals surface area contributed by atoms with Crippen LogP contribution in [0, 0.1) is 18.8 Å². The van der Waals surface area contributed by atoms with Gasteiger partial charge < -0.3 is 15.6 Å². The zero-order chi connectivity index (χ0) is 26.6. The van der Waals surface area contributed by atoms with Crippen LogP contribution in [0.2, 0.25) is 0 Å². The smallest absolute Gasteiger partial charge is 0.383 e. The third-order valence-electron chi connectivity index (χ3n) is 5.33. The molecule has 2 heterocycles. The Morgan fingerprint density at radius 3 is 2.65 bits per heavy atom. The van der Waals surface area contributed by atoms with Gasteiger partial charge in [0.2, 0.25) is 0 Å². The van der Waals surface area contributed by atoms with Crippen molar-refractivity contribution in [2.45, 2.75) is 13.1 Å². The summed E-state index contributed by atoms with van der Waals surface area (Å²) in [6.07, 6.45) is 6.16. The summed E-state index contributed by atoms with van der Waals surface area (Å²) in [4.78, 5) is 16.8. The fourth-order valence-corrected chi connectivity index (χ4v) is 3.37. The summed E-state index contributed by atoms with van der Waals surface area (Å²) < 4.78 is 43.3. The lowest BCUT2D eigenvalue weighted by atomic mass is 10.0. The molecule has 0 radical (unpaired) electrons. The molecular weight excluding hydrogens is 481 g/mol. The molecule has 0 saturated carbocycles. The summed E-state index contributed by atoms with van der Waals surface area (Å²) in [5.41, 5.74) is 7.46. The van der Waals surface area contributed by atoms with Crippen LogP contribution in [0.4, 0.5) is 24.7 Å². The number of hydrogen-bond donors (Lipinski definition) is 2. The minimum Gasteiger partial charge on any atom is -0.383 e. The van der Waals surface area contributed by atoms with Crippen LogP contribution in [-0.2, 0) is 6.18 Å². The lowest BCUT2D eigenvalue weighted by Crippen LogP contribution is -2.14. The molecule has 0 unspecified atom stereocenters. The van der Waals surface area contributed by atoms with Crippen molar-refractivity contribution in [1.29, 1.82) is 0 Å². The molecule has 10 heteroatoms. The van der Waals surface area contributed by atoms with E-state index in [1.54, 1.807) is 36.6 Å². The number of benzene rings is 2. The van der Waals surface area contributed by atoms with Crippen molar-refractivity contribution in [2.24, 2.45) is 0 Å². The SMILES string of the molecule is C=C/C=C\n1ncc(C#Cc2cc(C(=O)Nc3cc(-n4ccnc4)cc(C(F)(F)F)c3)ccc2C)c1N. The van der Waals surface area contributed by atoms with Crippen molar-refractivity contribution >= 4 is 23.6 Å². The molecule has 3 N–H and O–H groups in total. The first kappa shape index (κ1) is 25.1. The van der Waals surface area contributed by atoms with E-state index in [0.717, 1.165) is 17.7 Å². The normalized spacial score (nSPS) is 11.2. The molecule has 2 aromatic carbocycles. The van der Waals surface area contributed by atoms with E-state index in [9.17, 15) is 18.0 Å². The lowest BCUT2D eigenvalue weighted by molar-refractivity contribution is -0.137. The largest absolute Gasteiger partial charge is 0.416 e. The molecule has 0 aliphatic rings. The first-order valence-corrected chi connectivity index (χ1v) is 10.9. The predicted octanol–water partition coefficient (Wildman–Crippen LogP) is 5.29. The number of nitrogen functional groups attached to an aromatic ring is 1. The topological polar surface area (TPSA) is 90.8 Å². The number of aromatic nitrogens is 4. The molecule has 186 valence electrons. The maximum Gasteiger partial charge on any atom is 0.416 e. The number of hydrogen-bond acceptors (Lipinski definition) is 4. The molecule has 2 aromatic heterocycles. The van der Waals surface area contributed by atoms with Gasteiger partial charge in [-0.2, -0.15) is 18.3 Å². The molecule has 0 bridgehead atoms. The van der Waals surface area contributed by atoms with Crippen LogP contribution < -0.4 is 11.1 Å². The van der Waals surface area contributed by atoms with Gasteiger partial charge in [0.05, 0.1) is 23.7 Å². The van der Waals surface area contributed by atoms with Crippen LogP contribution in [-0.4, -0.2) is 25.2 Å². The number of nitrogens with one attached hydrogen (secondary N) is 1. The van der Waals surface area contributed by atoms with Gasteiger partial charge in [-0.15, -0.1) is 0 Å². The van der Waals surface area contributed by atoms with E-state index in [4.69, 9.17) is 5.73 Å². The number of nitrogens with zero attached hydrogens (tertiary/aromatic N) is 4. The number of amides is 1. The fraction of sp³-hybridized carbons (Fsp3) is 0.0741. The summed E-state index contributed by atoms with van der Waals surface area (Å²) in [5, 5.41) is 6.69. The second-order valence-corrected chi connectivity index (χ2v) is 7.94. The van der Waals surface area contributed by atoms with E-state index in [0.29, 0.717) is 16.9 Å². The highest BCUT2D eigenvalue weighted by atomic mass is 19.4. The maximum absolute atomic E-state index is 13.5. The number of allylic oxidation sites excluding steroid dienone is 2. The Hall–Kier alpha value is -5.04. The molecule has 0 atom stereocenters. The summed E-state index contributed by atoms with van der Waals surface area (Å²) in [6, 6.07) is 8.16. The Morgan fingerprint density at radius 2 is 1.95 bits per heavy atom. The van der Waals surface area contributed by atoms with E-state index < -0.39 is 17.6 Å². The first-order valence-electron chi connectivity index (χ1n) is 10.9. The van der Waals surface area contributed by atoms with Crippen LogP contribution in [0.25, 0.3) is 11.9 Å². The fourth-order valence-electron chi connectivity index (χ4n) is 3.37. The van der Waals surface area contributed by atoms with E-state index in [1.807, 2.05) is 6.92 Å².